The van der Waals surface area contributed by atoms with Crippen molar-refractivity contribution in [3.63, 3.8) is 0 Å². The van der Waals surface area contributed by atoms with Crippen molar-refractivity contribution < 1.29 is 9.53 Å². The predicted octanol–water partition coefficient (Wildman–Crippen LogP) is 1.52. The van der Waals surface area contributed by atoms with Gasteiger partial charge in [-0.15, -0.1) is 0 Å². The molecule has 6 nitrogen and oxygen atoms in total. The van der Waals surface area contributed by atoms with Crippen molar-refractivity contribution in [1.29, 1.82) is 0 Å². The zero-order valence-electron chi connectivity index (χ0n) is 11.6. The molecule has 21 heavy (non-hydrogen) atoms. The molecule has 6 heteroatoms. The molecule has 2 unspecified atom stereocenters. The number of aromatic amines is 1. The molecule has 2 aromatic rings. The van der Waals surface area contributed by atoms with E-state index < -0.39 is 6.10 Å². The molecule has 3 rings (SSSR count). The van der Waals surface area contributed by atoms with Crippen LogP contribution in [0.2, 0.25) is 0 Å². The first-order valence-electron chi connectivity index (χ1n) is 7.01. The van der Waals surface area contributed by atoms with Crippen LogP contribution in [0.5, 0.6) is 0 Å². The fraction of sp³-hybridized carbons (Fsp3) is 0.333. The van der Waals surface area contributed by atoms with Crippen LogP contribution in [0.3, 0.4) is 0 Å². The maximum Gasteiger partial charge on any atom is 0.253 e. The van der Waals surface area contributed by atoms with Gasteiger partial charge >= 0.3 is 0 Å². The van der Waals surface area contributed by atoms with E-state index in [2.05, 4.69) is 15.3 Å². The molecule has 1 aliphatic rings. The number of H-pyrrole nitrogens is 1. The third-order valence-electron chi connectivity index (χ3n) is 3.62. The van der Waals surface area contributed by atoms with E-state index in [-0.39, 0.29) is 12.0 Å². The summed E-state index contributed by atoms with van der Waals surface area (Å²) in [5, 5.41) is 2.87. The van der Waals surface area contributed by atoms with E-state index in [0.29, 0.717) is 6.54 Å². The fourth-order valence-corrected chi connectivity index (χ4v) is 2.44. The summed E-state index contributed by atoms with van der Waals surface area (Å²) < 4.78 is 5.58. The molecular weight excluding hydrogens is 268 g/mol. The van der Waals surface area contributed by atoms with Gasteiger partial charge in [-0.1, -0.05) is 12.1 Å². The lowest BCUT2D eigenvalue weighted by Gasteiger charge is -2.12. The minimum absolute atomic E-state index is 0.00324. The van der Waals surface area contributed by atoms with Gasteiger partial charge in [0.1, 0.15) is 6.10 Å². The third kappa shape index (κ3) is 3.12. The molecule has 1 aliphatic heterocycles. The maximum absolute atomic E-state index is 12.1. The topological polar surface area (TPSA) is 93.0 Å². The average Bonchev–Trinajstić information content (AvgIpc) is 3.19. The number of aromatic nitrogens is 2. The van der Waals surface area contributed by atoms with Gasteiger partial charge in [0, 0.05) is 12.2 Å². The second kappa shape index (κ2) is 6.07. The molecule has 2 heterocycles. The molecule has 1 aromatic heterocycles. The lowest BCUT2D eigenvalue weighted by molar-refractivity contribution is -0.126. The van der Waals surface area contributed by atoms with Crippen molar-refractivity contribution >= 4 is 11.6 Å². The van der Waals surface area contributed by atoms with Crippen LogP contribution >= 0.6 is 0 Å². The van der Waals surface area contributed by atoms with Gasteiger partial charge in [-0.3, -0.25) is 4.79 Å². The Hall–Kier alpha value is -2.18. The minimum Gasteiger partial charge on any atom is -0.364 e. The van der Waals surface area contributed by atoms with Crippen LogP contribution < -0.4 is 11.1 Å². The Kier molecular flexibility index (Phi) is 3.98. The van der Waals surface area contributed by atoms with Crippen LogP contribution in [0.15, 0.2) is 36.8 Å². The fourth-order valence-electron chi connectivity index (χ4n) is 2.44. The summed E-state index contributed by atoms with van der Waals surface area (Å²) in [5.74, 6) is -0.111. The highest BCUT2D eigenvalue weighted by Gasteiger charge is 2.29. The molecule has 0 spiro atoms. The zero-order valence-corrected chi connectivity index (χ0v) is 11.6. The number of hydrogen-bond acceptors (Lipinski definition) is 4. The van der Waals surface area contributed by atoms with Crippen molar-refractivity contribution in [2.75, 3.05) is 11.9 Å². The van der Waals surface area contributed by atoms with Crippen molar-refractivity contribution in [3.8, 4) is 11.3 Å². The highest BCUT2D eigenvalue weighted by Crippen LogP contribution is 2.22. The van der Waals surface area contributed by atoms with Crippen LogP contribution in [-0.2, 0) is 9.53 Å². The molecular formula is C15H18N4O2. The van der Waals surface area contributed by atoms with Gasteiger partial charge in [-0.25, -0.2) is 4.98 Å². The highest BCUT2D eigenvalue weighted by atomic mass is 16.5. The largest absolute Gasteiger partial charge is 0.364 e. The number of benzene rings is 1. The number of hydrogen-bond donors (Lipinski definition) is 3. The van der Waals surface area contributed by atoms with E-state index in [1.807, 2.05) is 24.3 Å². The van der Waals surface area contributed by atoms with E-state index in [9.17, 15) is 4.79 Å². The van der Waals surface area contributed by atoms with Gasteiger partial charge in [-0.05, 0) is 30.5 Å². The smallest absolute Gasteiger partial charge is 0.253 e. The minimum atomic E-state index is -0.397. The van der Waals surface area contributed by atoms with Gasteiger partial charge in [0.25, 0.3) is 5.91 Å². The first-order chi connectivity index (χ1) is 10.3. The quantitative estimate of drug-likeness (QED) is 0.794. The molecule has 110 valence electrons. The van der Waals surface area contributed by atoms with Gasteiger partial charge in [-0.2, -0.15) is 0 Å². The molecule has 2 atom stereocenters. The summed E-state index contributed by atoms with van der Waals surface area (Å²) in [4.78, 5) is 19.1. The SMILES string of the molecule is NCC1CCC(C(=O)Nc2ccc(-c3cnc[nH]3)cc2)O1. The number of ether oxygens (including phenoxy) is 1. The van der Waals surface area contributed by atoms with Crippen molar-refractivity contribution in [3.05, 3.63) is 36.8 Å². The highest BCUT2D eigenvalue weighted by molar-refractivity contribution is 5.94. The number of nitrogens with two attached hydrogens (primary N) is 1. The standard InChI is InChI=1S/C15H18N4O2/c16-7-12-5-6-14(21-12)15(20)19-11-3-1-10(2-4-11)13-8-17-9-18-13/h1-4,8-9,12,14H,5-7,16H2,(H,17,18)(H,19,20). The van der Waals surface area contributed by atoms with Gasteiger partial charge < -0.3 is 20.8 Å². The van der Waals surface area contributed by atoms with Crippen LogP contribution in [0.1, 0.15) is 12.8 Å². The normalized spacial score (nSPS) is 21.4. The summed E-state index contributed by atoms with van der Waals surface area (Å²) in [6, 6.07) is 7.59. The third-order valence-corrected chi connectivity index (χ3v) is 3.62. The van der Waals surface area contributed by atoms with Crippen molar-refractivity contribution in [2.24, 2.45) is 5.73 Å². The van der Waals surface area contributed by atoms with E-state index in [4.69, 9.17) is 10.5 Å². The number of anilines is 1. The van der Waals surface area contributed by atoms with Crippen LogP contribution in [0, 0.1) is 0 Å². The number of nitrogens with zero attached hydrogens (tertiary/aromatic N) is 1. The molecule has 0 radical (unpaired) electrons. The summed E-state index contributed by atoms with van der Waals surface area (Å²) in [7, 11) is 0. The molecule has 0 saturated carbocycles. The summed E-state index contributed by atoms with van der Waals surface area (Å²) in [6.07, 6.45) is 4.56. The molecule has 0 aliphatic carbocycles. The van der Waals surface area contributed by atoms with E-state index in [0.717, 1.165) is 29.8 Å². The first-order valence-corrected chi connectivity index (χ1v) is 7.01. The Labute approximate surface area is 122 Å². The van der Waals surface area contributed by atoms with E-state index >= 15 is 0 Å². The maximum atomic E-state index is 12.1. The Morgan fingerprint density at radius 1 is 1.38 bits per heavy atom. The monoisotopic (exact) mass is 286 g/mol. The Morgan fingerprint density at radius 3 is 2.81 bits per heavy atom. The molecule has 4 N–H and O–H groups in total. The summed E-state index contributed by atoms with van der Waals surface area (Å²) in [6.45, 7) is 0.461. The van der Waals surface area contributed by atoms with Gasteiger partial charge in [0.2, 0.25) is 0 Å². The average molecular weight is 286 g/mol. The number of rotatable bonds is 4. The van der Waals surface area contributed by atoms with E-state index in [1.165, 1.54) is 0 Å². The second-order valence-corrected chi connectivity index (χ2v) is 5.09. The molecule has 1 fully saturated rings. The van der Waals surface area contributed by atoms with Crippen molar-refractivity contribution in [1.82, 2.24) is 9.97 Å². The Morgan fingerprint density at radius 2 is 2.19 bits per heavy atom. The summed E-state index contributed by atoms with van der Waals surface area (Å²) in [5.41, 5.74) is 8.26. The Balaban J connectivity index is 1.62. The summed E-state index contributed by atoms with van der Waals surface area (Å²) >= 11 is 0. The van der Waals surface area contributed by atoms with Crippen LogP contribution in [0.25, 0.3) is 11.3 Å². The molecule has 1 amide bonds. The number of imidazole rings is 1. The first kappa shape index (κ1) is 13.8. The molecule has 1 aromatic carbocycles. The van der Waals surface area contributed by atoms with E-state index in [1.54, 1.807) is 12.5 Å². The van der Waals surface area contributed by atoms with Crippen LogP contribution in [-0.4, -0.2) is 34.6 Å². The van der Waals surface area contributed by atoms with Gasteiger partial charge in [0.15, 0.2) is 0 Å². The van der Waals surface area contributed by atoms with Crippen molar-refractivity contribution in [2.45, 2.75) is 25.0 Å². The number of nitrogens with one attached hydrogen (secondary N) is 2. The predicted molar refractivity (Wildman–Crippen MR) is 79.6 cm³/mol. The Bertz CT molecular complexity index is 595. The number of carbonyl (C=O) groups excluding carboxylic acids is 1. The molecule has 0 bridgehead atoms. The molecule has 1 saturated heterocycles. The van der Waals surface area contributed by atoms with Crippen LogP contribution in [0.4, 0.5) is 5.69 Å². The lowest BCUT2D eigenvalue weighted by Crippen LogP contribution is -2.29. The number of carbonyl (C=O) groups is 1. The number of amides is 1. The lowest BCUT2D eigenvalue weighted by atomic mass is 10.1. The second-order valence-electron chi connectivity index (χ2n) is 5.09. The van der Waals surface area contributed by atoms with Gasteiger partial charge in [0.05, 0.1) is 24.3 Å². The zero-order chi connectivity index (χ0) is 14.7.